The molecule has 0 bridgehead atoms. The average molecular weight is 380 g/mol. The monoisotopic (exact) mass is 379 g/mol. The van der Waals surface area contributed by atoms with Gasteiger partial charge in [-0.25, -0.2) is 4.98 Å². The van der Waals surface area contributed by atoms with Crippen molar-refractivity contribution < 1.29 is 4.79 Å². The number of carbonyl (C=O) groups excluding carboxylic acids is 1. The molecule has 28 heavy (non-hydrogen) atoms. The van der Waals surface area contributed by atoms with Gasteiger partial charge in [-0.15, -0.1) is 0 Å². The molecule has 0 aromatic carbocycles. The second-order valence-corrected chi connectivity index (χ2v) is 7.76. The van der Waals surface area contributed by atoms with E-state index in [1.807, 2.05) is 30.6 Å². The fourth-order valence-corrected chi connectivity index (χ4v) is 4.15. The fourth-order valence-electron chi connectivity index (χ4n) is 4.15. The molecule has 1 aliphatic carbocycles. The zero-order valence-electron chi connectivity index (χ0n) is 16.4. The summed E-state index contributed by atoms with van der Waals surface area (Å²) >= 11 is 0. The lowest BCUT2D eigenvalue weighted by Gasteiger charge is -2.36. The first-order valence-electron chi connectivity index (χ1n) is 10.5. The number of piperazine rings is 1. The predicted molar refractivity (Wildman–Crippen MR) is 112 cm³/mol. The Hall–Kier alpha value is -2.63. The van der Waals surface area contributed by atoms with Gasteiger partial charge in [0, 0.05) is 44.6 Å². The Kier molecular flexibility index (Phi) is 6.04. The number of rotatable bonds is 4. The van der Waals surface area contributed by atoms with Gasteiger partial charge in [0.1, 0.15) is 5.82 Å². The van der Waals surface area contributed by atoms with E-state index in [-0.39, 0.29) is 5.91 Å². The standard InChI is InChI=1S/C22H29N5O/c28-22(25-19-7-3-1-2-4-8-19)18-15-20(17-23-16-18)26-11-13-27(14-12-26)21-9-5-6-10-24-21/h5-6,9-10,15-17,19H,1-4,7-8,11-14H2,(H,25,28). The zero-order valence-corrected chi connectivity index (χ0v) is 16.4. The topological polar surface area (TPSA) is 61.4 Å². The third kappa shape index (κ3) is 4.61. The summed E-state index contributed by atoms with van der Waals surface area (Å²) in [6.45, 7) is 3.61. The van der Waals surface area contributed by atoms with Crippen LogP contribution in [0.3, 0.4) is 0 Å². The highest BCUT2D eigenvalue weighted by Crippen LogP contribution is 2.21. The van der Waals surface area contributed by atoms with E-state index in [4.69, 9.17) is 0 Å². The smallest absolute Gasteiger partial charge is 0.253 e. The molecule has 1 saturated carbocycles. The Labute approximate surface area is 167 Å². The molecule has 1 N–H and O–H groups in total. The highest BCUT2D eigenvalue weighted by Gasteiger charge is 2.20. The summed E-state index contributed by atoms with van der Waals surface area (Å²) in [5.41, 5.74) is 1.68. The molecule has 0 spiro atoms. The number of anilines is 2. The number of aromatic nitrogens is 2. The predicted octanol–water partition coefficient (Wildman–Crippen LogP) is 3.26. The minimum absolute atomic E-state index is 0.00775. The van der Waals surface area contributed by atoms with Crippen LogP contribution in [0.1, 0.15) is 48.9 Å². The highest BCUT2D eigenvalue weighted by atomic mass is 16.1. The number of nitrogens with zero attached hydrogens (tertiary/aromatic N) is 4. The summed E-state index contributed by atoms with van der Waals surface area (Å²) in [4.78, 5) is 26.1. The molecule has 1 amide bonds. The van der Waals surface area contributed by atoms with Gasteiger partial charge >= 0.3 is 0 Å². The summed E-state index contributed by atoms with van der Waals surface area (Å²) in [6.07, 6.45) is 12.6. The van der Waals surface area contributed by atoms with Gasteiger partial charge in [0.25, 0.3) is 5.91 Å². The van der Waals surface area contributed by atoms with Crippen LogP contribution in [0, 0.1) is 0 Å². The molecule has 2 aromatic rings. The maximum absolute atomic E-state index is 12.7. The van der Waals surface area contributed by atoms with Crippen LogP contribution < -0.4 is 15.1 Å². The molecule has 2 fully saturated rings. The van der Waals surface area contributed by atoms with Gasteiger partial charge < -0.3 is 15.1 Å². The number of hydrogen-bond acceptors (Lipinski definition) is 5. The lowest BCUT2D eigenvalue weighted by molar-refractivity contribution is 0.0933. The average Bonchev–Trinajstić information content (AvgIpc) is 3.03. The van der Waals surface area contributed by atoms with E-state index in [9.17, 15) is 4.79 Å². The van der Waals surface area contributed by atoms with Crippen molar-refractivity contribution >= 4 is 17.4 Å². The van der Waals surface area contributed by atoms with Gasteiger partial charge in [0.15, 0.2) is 0 Å². The van der Waals surface area contributed by atoms with E-state index >= 15 is 0 Å². The van der Waals surface area contributed by atoms with Crippen molar-refractivity contribution in [1.29, 1.82) is 0 Å². The minimum Gasteiger partial charge on any atom is -0.367 e. The minimum atomic E-state index is 0.00775. The third-order valence-corrected chi connectivity index (χ3v) is 5.79. The first-order chi connectivity index (χ1) is 13.8. The summed E-state index contributed by atoms with van der Waals surface area (Å²) in [6, 6.07) is 8.30. The number of carbonyl (C=O) groups is 1. The third-order valence-electron chi connectivity index (χ3n) is 5.79. The van der Waals surface area contributed by atoms with E-state index in [0.717, 1.165) is 50.5 Å². The highest BCUT2D eigenvalue weighted by molar-refractivity contribution is 5.95. The molecule has 3 heterocycles. The van der Waals surface area contributed by atoms with Crippen molar-refractivity contribution in [3.05, 3.63) is 48.4 Å². The Morgan fingerprint density at radius 2 is 1.71 bits per heavy atom. The Morgan fingerprint density at radius 1 is 0.964 bits per heavy atom. The number of amides is 1. The van der Waals surface area contributed by atoms with Gasteiger partial charge in [0.2, 0.25) is 0 Å². The van der Waals surface area contributed by atoms with E-state index in [2.05, 4.69) is 31.2 Å². The second kappa shape index (κ2) is 9.04. The first-order valence-corrected chi connectivity index (χ1v) is 10.5. The van der Waals surface area contributed by atoms with Crippen LogP contribution in [-0.4, -0.2) is 48.1 Å². The van der Waals surface area contributed by atoms with E-state index < -0.39 is 0 Å². The molecule has 1 saturated heterocycles. The molecule has 6 nitrogen and oxygen atoms in total. The summed E-state index contributed by atoms with van der Waals surface area (Å²) in [7, 11) is 0. The van der Waals surface area contributed by atoms with Gasteiger partial charge in [-0.2, -0.15) is 0 Å². The molecule has 0 atom stereocenters. The lowest BCUT2D eigenvalue weighted by atomic mass is 10.1. The number of nitrogens with one attached hydrogen (secondary N) is 1. The van der Waals surface area contributed by atoms with Crippen LogP contribution in [0.2, 0.25) is 0 Å². The van der Waals surface area contributed by atoms with Crippen molar-refractivity contribution in [2.24, 2.45) is 0 Å². The molecule has 4 rings (SSSR count). The van der Waals surface area contributed by atoms with Crippen molar-refractivity contribution in [2.75, 3.05) is 36.0 Å². The van der Waals surface area contributed by atoms with E-state index in [0.29, 0.717) is 11.6 Å². The van der Waals surface area contributed by atoms with Crippen LogP contribution >= 0.6 is 0 Å². The molecular weight excluding hydrogens is 350 g/mol. The van der Waals surface area contributed by atoms with Gasteiger partial charge in [-0.3, -0.25) is 9.78 Å². The maximum Gasteiger partial charge on any atom is 0.253 e. The maximum atomic E-state index is 12.7. The second-order valence-electron chi connectivity index (χ2n) is 7.76. The number of pyridine rings is 2. The normalized spacial score (nSPS) is 18.6. The van der Waals surface area contributed by atoms with E-state index in [1.165, 1.54) is 25.7 Å². The Balaban J connectivity index is 1.36. The zero-order chi connectivity index (χ0) is 19.2. The number of hydrogen-bond donors (Lipinski definition) is 1. The molecule has 2 aliphatic rings. The van der Waals surface area contributed by atoms with E-state index in [1.54, 1.807) is 6.20 Å². The van der Waals surface area contributed by atoms with Crippen LogP contribution in [0.25, 0.3) is 0 Å². The molecular formula is C22H29N5O. The van der Waals surface area contributed by atoms with Crippen LogP contribution in [0.15, 0.2) is 42.9 Å². The molecule has 2 aromatic heterocycles. The quantitative estimate of drug-likeness (QED) is 0.827. The molecule has 6 heteroatoms. The molecule has 1 aliphatic heterocycles. The fraction of sp³-hybridized carbons (Fsp3) is 0.500. The van der Waals surface area contributed by atoms with Crippen molar-refractivity contribution in [3.8, 4) is 0 Å². The SMILES string of the molecule is O=C(NC1CCCCCC1)c1cncc(N2CCN(c3ccccn3)CC2)c1. The Morgan fingerprint density at radius 3 is 2.43 bits per heavy atom. The first kappa shape index (κ1) is 18.7. The largest absolute Gasteiger partial charge is 0.367 e. The van der Waals surface area contributed by atoms with Gasteiger partial charge in [-0.05, 0) is 31.0 Å². The van der Waals surface area contributed by atoms with Crippen molar-refractivity contribution in [3.63, 3.8) is 0 Å². The molecule has 0 unspecified atom stereocenters. The van der Waals surface area contributed by atoms with Crippen LogP contribution in [0.4, 0.5) is 11.5 Å². The van der Waals surface area contributed by atoms with Gasteiger partial charge in [0.05, 0.1) is 17.4 Å². The Bertz CT molecular complexity index is 766. The lowest BCUT2D eigenvalue weighted by Crippen LogP contribution is -2.47. The van der Waals surface area contributed by atoms with Gasteiger partial charge in [-0.1, -0.05) is 31.7 Å². The summed E-state index contributed by atoms with van der Waals surface area (Å²) in [5.74, 6) is 1.03. The summed E-state index contributed by atoms with van der Waals surface area (Å²) in [5, 5.41) is 3.22. The summed E-state index contributed by atoms with van der Waals surface area (Å²) < 4.78 is 0. The van der Waals surface area contributed by atoms with Crippen LogP contribution in [-0.2, 0) is 0 Å². The molecule has 0 radical (unpaired) electrons. The van der Waals surface area contributed by atoms with Crippen molar-refractivity contribution in [1.82, 2.24) is 15.3 Å². The van der Waals surface area contributed by atoms with Crippen LogP contribution in [0.5, 0.6) is 0 Å². The molecule has 148 valence electrons. The van der Waals surface area contributed by atoms with Crippen molar-refractivity contribution in [2.45, 2.75) is 44.6 Å².